The Morgan fingerprint density at radius 1 is 1.17 bits per heavy atom. The van der Waals surface area contributed by atoms with Crippen LogP contribution in [0.4, 0.5) is 0 Å². The molecule has 2 nitrogen and oxygen atoms in total. The highest BCUT2D eigenvalue weighted by Gasteiger charge is 2.18. The fourth-order valence-corrected chi connectivity index (χ4v) is 2.75. The van der Waals surface area contributed by atoms with E-state index in [1.54, 1.807) is 0 Å². The summed E-state index contributed by atoms with van der Waals surface area (Å²) in [6.07, 6.45) is 6.29. The molecule has 0 aliphatic heterocycles. The van der Waals surface area contributed by atoms with Crippen LogP contribution < -0.4 is 5.32 Å². The van der Waals surface area contributed by atoms with Gasteiger partial charge in [-0.1, -0.05) is 56.5 Å². The van der Waals surface area contributed by atoms with Crippen molar-refractivity contribution in [2.75, 3.05) is 6.54 Å². The zero-order chi connectivity index (χ0) is 12.8. The van der Waals surface area contributed by atoms with Crippen LogP contribution in [0.3, 0.4) is 0 Å². The van der Waals surface area contributed by atoms with Gasteiger partial charge >= 0.3 is 0 Å². The van der Waals surface area contributed by atoms with Crippen molar-refractivity contribution in [3.05, 3.63) is 35.9 Å². The highest BCUT2D eigenvalue weighted by Crippen LogP contribution is 2.20. The van der Waals surface area contributed by atoms with E-state index < -0.39 is 0 Å². The van der Waals surface area contributed by atoms with Crippen LogP contribution in [0.25, 0.3) is 0 Å². The number of nitrogens with one attached hydrogen (secondary N) is 1. The number of aliphatic hydroxyl groups is 1. The monoisotopic (exact) mass is 247 g/mol. The Morgan fingerprint density at radius 3 is 2.50 bits per heavy atom. The summed E-state index contributed by atoms with van der Waals surface area (Å²) < 4.78 is 0. The van der Waals surface area contributed by atoms with Gasteiger partial charge in [0.15, 0.2) is 0 Å². The second kappa shape index (κ2) is 6.91. The van der Waals surface area contributed by atoms with Crippen molar-refractivity contribution in [3.8, 4) is 0 Å². The fourth-order valence-electron chi connectivity index (χ4n) is 2.75. The van der Waals surface area contributed by atoms with E-state index in [1.807, 2.05) is 18.2 Å². The maximum absolute atomic E-state index is 10.2. The smallest absolute Gasteiger partial charge is 0.0730 e. The molecule has 0 radical (unpaired) electrons. The zero-order valence-electron chi connectivity index (χ0n) is 11.3. The van der Waals surface area contributed by atoms with Crippen molar-refractivity contribution >= 4 is 0 Å². The molecule has 1 fully saturated rings. The highest BCUT2D eigenvalue weighted by atomic mass is 16.3. The van der Waals surface area contributed by atoms with Crippen molar-refractivity contribution in [1.29, 1.82) is 0 Å². The quantitative estimate of drug-likeness (QED) is 0.838. The summed E-state index contributed by atoms with van der Waals surface area (Å²) in [4.78, 5) is 0. The normalized spacial score (nSPS) is 20.6. The molecular weight excluding hydrogens is 222 g/mol. The Morgan fingerprint density at radius 2 is 1.83 bits per heavy atom. The molecule has 2 unspecified atom stereocenters. The first-order chi connectivity index (χ1) is 8.77. The minimum atomic E-state index is -0.297. The Balaban J connectivity index is 1.78. The van der Waals surface area contributed by atoms with Crippen LogP contribution >= 0.6 is 0 Å². The molecule has 1 saturated carbocycles. The van der Waals surface area contributed by atoms with Gasteiger partial charge in [-0.2, -0.15) is 0 Å². The minimum absolute atomic E-state index is 0.197. The minimum Gasteiger partial charge on any atom is -0.391 e. The van der Waals surface area contributed by atoms with E-state index in [2.05, 4.69) is 24.4 Å². The lowest BCUT2D eigenvalue weighted by Gasteiger charge is -2.26. The lowest BCUT2D eigenvalue weighted by Crippen LogP contribution is -2.38. The molecule has 18 heavy (non-hydrogen) atoms. The number of aliphatic hydroxyl groups excluding tert-OH is 1. The van der Waals surface area contributed by atoms with Crippen molar-refractivity contribution in [1.82, 2.24) is 5.32 Å². The first-order valence-corrected chi connectivity index (χ1v) is 7.24. The lowest BCUT2D eigenvalue weighted by molar-refractivity contribution is 0.139. The van der Waals surface area contributed by atoms with Crippen molar-refractivity contribution in [3.63, 3.8) is 0 Å². The van der Waals surface area contributed by atoms with Gasteiger partial charge < -0.3 is 10.4 Å². The van der Waals surface area contributed by atoms with E-state index in [-0.39, 0.29) is 12.0 Å². The Labute approximate surface area is 110 Å². The predicted octanol–water partition coefficient (Wildman–Crippen LogP) is 3.07. The third kappa shape index (κ3) is 3.82. The van der Waals surface area contributed by atoms with Crippen LogP contribution in [0, 0.1) is 0 Å². The first-order valence-electron chi connectivity index (χ1n) is 7.24. The van der Waals surface area contributed by atoms with E-state index in [4.69, 9.17) is 0 Å². The van der Waals surface area contributed by atoms with Crippen molar-refractivity contribution in [2.24, 2.45) is 0 Å². The second-order valence-electron chi connectivity index (χ2n) is 5.51. The van der Waals surface area contributed by atoms with E-state index in [1.165, 1.54) is 37.7 Å². The van der Waals surface area contributed by atoms with Crippen LogP contribution in [-0.2, 0) is 0 Å². The molecule has 0 spiro atoms. The predicted molar refractivity (Wildman–Crippen MR) is 75.7 cm³/mol. The molecule has 1 aliphatic carbocycles. The molecule has 0 heterocycles. The van der Waals surface area contributed by atoms with Crippen LogP contribution in [0.5, 0.6) is 0 Å². The van der Waals surface area contributed by atoms with E-state index in [0.29, 0.717) is 12.6 Å². The molecule has 1 aromatic carbocycles. The lowest BCUT2D eigenvalue weighted by atomic mass is 9.93. The third-order valence-electron chi connectivity index (χ3n) is 4.12. The van der Waals surface area contributed by atoms with Gasteiger partial charge in [0.1, 0.15) is 0 Å². The molecule has 100 valence electrons. The van der Waals surface area contributed by atoms with Gasteiger partial charge in [0.25, 0.3) is 0 Å². The molecule has 0 bridgehead atoms. The number of benzene rings is 1. The molecule has 1 aromatic rings. The van der Waals surface area contributed by atoms with E-state index >= 15 is 0 Å². The summed E-state index contributed by atoms with van der Waals surface area (Å²) in [6, 6.07) is 10.9. The largest absolute Gasteiger partial charge is 0.391 e. The van der Waals surface area contributed by atoms with E-state index in [9.17, 15) is 5.11 Å². The summed E-state index contributed by atoms with van der Waals surface area (Å²) in [5, 5.41) is 13.8. The molecule has 0 amide bonds. The molecule has 2 rings (SSSR count). The van der Waals surface area contributed by atoms with Gasteiger partial charge in [-0.05, 0) is 18.4 Å². The summed E-state index contributed by atoms with van der Waals surface area (Å²) in [7, 11) is 0. The van der Waals surface area contributed by atoms with Gasteiger partial charge in [0.05, 0.1) is 6.10 Å². The van der Waals surface area contributed by atoms with Gasteiger partial charge in [0.2, 0.25) is 0 Å². The molecule has 2 N–H and O–H groups in total. The zero-order valence-corrected chi connectivity index (χ0v) is 11.3. The first kappa shape index (κ1) is 13.6. The van der Waals surface area contributed by atoms with Gasteiger partial charge in [-0.15, -0.1) is 0 Å². The second-order valence-corrected chi connectivity index (χ2v) is 5.51. The Kier molecular flexibility index (Phi) is 5.21. The molecule has 2 atom stereocenters. The number of hydrogen-bond acceptors (Lipinski definition) is 2. The average molecular weight is 247 g/mol. The van der Waals surface area contributed by atoms with Crippen LogP contribution in [0.2, 0.25) is 0 Å². The molecule has 0 saturated heterocycles. The standard InChI is InChI=1S/C16H25NO/c1-13(14-8-4-2-5-9-14)16(18)12-17-15-10-6-3-7-11-15/h2,4-5,8-9,13,15-18H,3,6-7,10-12H2,1H3. The molecule has 2 heteroatoms. The van der Waals surface area contributed by atoms with Crippen LogP contribution in [-0.4, -0.2) is 23.8 Å². The fraction of sp³-hybridized carbons (Fsp3) is 0.625. The summed E-state index contributed by atoms with van der Waals surface area (Å²) in [5.41, 5.74) is 1.22. The maximum Gasteiger partial charge on any atom is 0.0730 e. The SMILES string of the molecule is CC(c1ccccc1)C(O)CNC1CCCCC1. The van der Waals surface area contributed by atoms with Crippen LogP contribution in [0.1, 0.15) is 50.5 Å². The average Bonchev–Trinajstić information content (AvgIpc) is 2.46. The molecule has 1 aliphatic rings. The Hall–Kier alpha value is -0.860. The highest BCUT2D eigenvalue weighted by molar-refractivity contribution is 5.19. The van der Waals surface area contributed by atoms with Gasteiger partial charge in [-0.25, -0.2) is 0 Å². The van der Waals surface area contributed by atoms with Crippen LogP contribution in [0.15, 0.2) is 30.3 Å². The topological polar surface area (TPSA) is 32.3 Å². The van der Waals surface area contributed by atoms with Gasteiger partial charge in [0, 0.05) is 18.5 Å². The molecule has 0 aromatic heterocycles. The summed E-state index contributed by atoms with van der Waals surface area (Å²) in [6.45, 7) is 2.81. The van der Waals surface area contributed by atoms with E-state index in [0.717, 1.165) is 0 Å². The maximum atomic E-state index is 10.2. The third-order valence-corrected chi connectivity index (χ3v) is 4.12. The summed E-state index contributed by atoms with van der Waals surface area (Å²) >= 11 is 0. The molecular formula is C16H25NO. The number of rotatable bonds is 5. The van der Waals surface area contributed by atoms with Crippen molar-refractivity contribution in [2.45, 2.75) is 57.1 Å². The van der Waals surface area contributed by atoms with Gasteiger partial charge in [-0.3, -0.25) is 0 Å². The summed E-state index contributed by atoms with van der Waals surface area (Å²) in [5.74, 6) is 0.197. The Bertz CT molecular complexity index is 332. The number of hydrogen-bond donors (Lipinski definition) is 2. The van der Waals surface area contributed by atoms with Crippen molar-refractivity contribution < 1.29 is 5.11 Å².